The fraction of sp³-hybridized carbons (Fsp3) is 0.167. The van der Waals surface area contributed by atoms with Gasteiger partial charge in [0.25, 0.3) is 5.91 Å². The third-order valence-electron chi connectivity index (χ3n) is 3.39. The molecule has 0 radical (unpaired) electrons. The minimum atomic E-state index is -0.309. The lowest BCUT2D eigenvalue weighted by atomic mass is 10.1. The molecule has 0 aliphatic rings. The molecule has 4 N–H and O–H groups in total. The molecular weight excluding hydrogens is 320 g/mol. The first-order chi connectivity index (χ1) is 12.0. The van der Waals surface area contributed by atoms with Crippen molar-refractivity contribution in [3.05, 3.63) is 59.7 Å². The molecule has 0 aliphatic heterocycles. The van der Waals surface area contributed by atoms with Gasteiger partial charge in [-0.05, 0) is 42.0 Å². The van der Waals surface area contributed by atoms with Crippen LogP contribution < -0.4 is 21.3 Å². The van der Waals surface area contributed by atoms with E-state index in [0.29, 0.717) is 23.5 Å². The summed E-state index contributed by atoms with van der Waals surface area (Å²) in [6.45, 7) is 1.88. The zero-order valence-corrected chi connectivity index (χ0v) is 14.1. The normalized spacial score (nSPS) is 9.84. The number of hydrogen-bond donors (Lipinski definition) is 4. The Morgan fingerprint density at radius 1 is 0.840 bits per heavy atom. The number of amides is 4. The molecule has 7 nitrogen and oxygen atoms in total. The molecule has 2 rings (SSSR count). The summed E-state index contributed by atoms with van der Waals surface area (Å²) < 4.78 is 0. The van der Waals surface area contributed by atoms with Gasteiger partial charge >= 0.3 is 6.03 Å². The smallest absolute Gasteiger partial charge is 0.318 e. The van der Waals surface area contributed by atoms with Crippen molar-refractivity contribution < 1.29 is 14.4 Å². The van der Waals surface area contributed by atoms with Crippen molar-refractivity contribution in [3.8, 4) is 0 Å². The molecule has 4 amide bonds. The molecular formula is C18H20N4O3. The van der Waals surface area contributed by atoms with Gasteiger partial charge in [0.1, 0.15) is 0 Å². The zero-order valence-electron chi connectivity index (χ0n) is 14.1. The van der Waals surface area contributed by atoms with Gasteiger partial charge < -0.3 is 21.3 Å². The van der Waals surface area contributed by atoms with Gasteiger partial charge in [-0.25, -0.2) is 4.79 Å². The highest BCUT2D eigenvalue weighted by Crippen LogP contribution is 2.15. The van der Waals surface area contributed by atoms with Crippen LogP contribution in [0.5, 0.6) is 0 Å². The van der Waals surface area contributed by atoms with Crippen molar-refractivity contribution in [2.24, 2.45) is 0 Å². The molecule has 2 aromatic rings. The summed E-state index contributed by atoms with van der Waals surface area (Å²) in [7, 11) is 1.53. The topological polar surface area (TPSA) is 99.3 Å². The van der Waals surface area contributed by atoms with Crippen LogP contribution in [0.1, 0.15) is 22.8 Å². The number of carbonyl (C=O) groups excluding carboxylic acids is 3. The van der Waals surface area contributed by atoms with Gasteiger partial charge in [-0.3, -0.25) is 9.59 Å². The van der Waals surface area contributed by atoms with Crippen LogP contribution in [0.15, 0.2) is 48.5 Å². The molecule has 0 unspecified atom stereocenters. The Labute approximate surface area is 145 Å². The van der Waals surface area contributed by atoms with Gasteiger partial charge in [0.15, 0.2) is 0 Å². The van der Waals surface area contributed by atoms with E-state index < -0.39 is 0 Å². The number of carbonyl (C=O) groups is 3. The maximum atomic E-state index is 12.2. The Morgan fingerprint density at radius 3 is 1.92 bits per heavy atom. The van der Waals surface area contributed by atoms with E-state index in [4.69, 9.17) is 0 Å². The van der Waals surface area contributed by atoms with E-state index >= 15 is 0 Å². The van der Waals surface area contributed by atoms with E-state index in [1.165, 1.54) is 14.0 Å². The highest BCUT2D eigenvalue weighted by molar-refractivity contribution is 6.04. The number of nitrogens with one attached hydrogen (secondary N) is 4. The number of anilines is 2. The molecule has 0 heterocycles. The van der Waals surface area contributed by atoms with Gasteiger partial charge in [0, 0.05) is 37.5 Å². The lowest BCUT2D eigenvalue weighted by Crippen LogP contribution is -2.24. The van der Waals surface area contributed by atoms with E-state index in [2.05, 4.69) is 21.3 Å². The van der Waals surface area contributed by atoms with Crippen molar-refractivity contribution >= 4 is 29.2 Å². The van der Waals surface area contributed by atoms with Crippen LogP contribution in [-0.2, 0) is 11.3 Å². The fourth-order valence-electron chi connectivity index (χ4n) is 2.03. The van der Waals surface area contributed by atoms with Crippen LogP contribution in [-0.4, -0.2) is 24.9 Å². The number of rotatable bonds is 5. The predicted octanol–water partition coefficient (Wildman–Crippen LogP) is 2.33. The highest BCUT2D eigenvalue weighted by Gasteiger charge is 2.07. The van der Waals surface area contributed by atoms with E-state index in [-0.39, 0.29) is 17.8 Å². The van der Waals surface area contributed by atoms with Crippen LogP contribution >= 0.6 is 0 Å². The van der Waals surface area contributed by atoms with Gasteiger partial charge in [0.05, 0.1) is 0 Å². The van der Waals surface area contributed by atoms with Crippen molar-refractivity contribution in [3.63, 3.8) is 0 Å². The van der Waals surface area contributed by atoms with Crippen molar-refractivity contribution in [1.82, 2.24) is 10.6 Å². The molecule has 2 aromatic carbocycles. The third kappa shape index (κ3) is 5.65. The molecule has 25 heavy (non-hydrogen) atoms. The maximum absolute atomic E-state index is 12.2. The molecule has 0 atom stereocenters. The van der Waals surface area contributed by atoms with Crippen molar-refractivity contribution in [2.75, 3.05) is 17.7 Å². The van der Waals surface area contributed by atoms with Crippen LogP contribution in [0.2, 0.25) is 0 Å². The quantitative estimate of drug-likeness (QED) is 0.672. The summed E-state index contributed by atoms with van der Waals surface area (Å²) in [5.41, 5.74) is 2.67. The zero-order chi connectivity index (χ0) is 18.2. The summed E-state index contributed by atoms with van der Waals surface area (Å²) in [6, 6.07) is 13.5. The maximum Gasteiger partial charge on any atom is 0.318 e. The summed E-state index contributed by atoms with van der Waals surface area (Å²) in [5, 5.41) is 10.6. The van der Waals surface area contributed by atoms with Crippen LogP contribution in [0.25, 0.3) is 0 Å². The lowest BCUT2D eigenvalue weighted by molar-refractivity contribution is -0.119. The van der Waals surface area contributed by atoms with Crippen LogP contribution in [0.3, 0.4) is 0 Å². The lowest BCUT2D eigenvalue weighted by Gasteiger charge is -2.08. The Balaban J connectivity index is 1.94. The summed E-state index contributed by atoms with van der Waals surface area (Å²) in [6.07, 6.45) is 0. The summed E-state index contributed by atoms with van der Waals surface area (Å²) in [5.74, 6) is -0.339. The second kappa shape index (κ2) is 8.49. The molecule has 130 valence electrons. The number of hydrogen-bond acceptors (Lipinski definition) is 3. The van der Waals surface area contributed by atoms with E-state index in [1.807, 2.05) is 0 Å². The Bertz CT molecular complexity index is 755. The van der Waals surface area contributed by atoms with Crippen molar-refractivity contribution in [1.29, 1.82) is 0 Å². The second-order valence-electron chi connectivity index (χ2n) is 5.34. The first-order valence-corrected chi connectivity index (χ1v) is 7.71. The highest BCUT2D eigenvalue weighted by atomic mass is 16.2. The van der Waals surface area contributed by atoms with Gasteiger partial charge in [-0.1, -0.05) is 12.1 Å². The van der Waals surface area contributed by atoms with Gasteiger partial charge in [-0.2, -0.15) is 0 Å². The monoisotopic (exact) mass is 340 g/mol. The Kier molecular flexibility index (Phi) is 6.11. The molecule has 0 bridgehead atoms. The van der Waals surface area contributed by atoms with E-state index in [1.54, 1.807) is 48.5 Å². The molecule has 0 aliphatic carbocycles. The third-order valence-corrected chi connectivity index (χ3v) is 3.39. The molecule has 7 heteroatoms. The first-order valence-electron chi connectivity index (χ1n) is 7.71. The van der Waals surface area contributed by atoms with Crippen molar-refractivity contribution in [2.45, 2.75) is 13.5 Å². The minimum Gasteiger partial charge on any atom is -0.352 e. The molecule has 0 saturated heterocycles. The fourth-order valence-corrected chi connectivity index (χ4v) is 2.03. The summed E-state index contributed by atoms with van der Waals surface area (Å²) >= 11 is 0. The minimum absolute atomic E-state index is 0.101. The SMILES string of the molecule is CNC(=O)Nc1ccc(NC(=O)c2ccc(CNC(C)=O)cc2)cc1. The Morgan fingerprint density at radius 2 is 1.40 bits per heavy atom. The van der Waals surface area contributed by atoms with Gasteiger partial charge in [-0.15, -0.1) is 0 Å². The van der Waals surface area contributed by atoms with E-state index in [0.717, 1.165) is 5.56 Å². The van der Waals surface area contributed by atoms with Crippen LogP contribution in [0, 0.1) is 0 Å². The van der Waals surface area contributed by atoms with Gasteiger partial charge in [0.2, 0.25) is 5.91 Å². The predicted molar refractivity (Wildman–Crippen MR) is 96.4 cm³/mol. The standard InChI is InChI=1S/C18H20N4O3/c1-12(23)20-11-13-3-5-14(6-4-13)17(24)21-15-7-9-16(10-8-15)22-18(25)19-2/h3-10H,11H2,1-2H3,(H,20,23)(H,21,24)(H2,19,22,25). The molecule has 0 fully saturated rings. The molecule has 0 spiro atoms. The summed E-state index contributed by atoms with van der Waals surface area (Å²) in [4.78, 5) is 34.4. The average Bonchev–Trinajstić information content (AvgIpc) is 2.61. The first kappa shape index (κ1) is 18.0. The van der Waals surface area contributed by atoms with E-state index in [9.17, 15) is 14.4 Å². The molecule has 0 aromatic heterocycles. The second-order valence-corrected chi connectivity index (χ2v) is 5.34. The largest absolute Gasteiger partial charge is 0.352 e. The Hall–Kier alpha value is -3.35. The number of urea groups is 1. The average molecular weight is 340 g/mol. The molecule has 0 saturated carbocycles. The number of benzene rings is 2. The van der Waals surface area contributed by atoms with Crippen LogP contribution in [0.4, 0.5) is 16.2 Å².